The smallest absolute Gasteiger partial charge is 0.157 e. The topological polar surface area (TPSA) is 67.6 Å². The van der Waals surface area contributed by atoms with Crippen molar-refractivity contribution in [2.45, 2.75) is 6.67 Å². The van der Waals surface area contributed by atoms with Crippen molar-refractivity contribution in [2.24, 2.45) is 0 Å². The van der Waals surface area contributed by atoms with Gasteiger partial charge in [-0.15, -0.1) is 0 Å². The molecule has 0 amide bonds. The molecule has 4 nitrogen and oxygen atoms in total. The number of nitrogens with two attached hydrogens (primary N) is 1. The minimum absolute atomic E-state index is 0.354. The SMILES string of the molecule is Nc1n[nH]c2ncc(CF)cc12. The lowest BCUT2D eigenvalue weighted by Crippen LogP contribution is -1.86. The Bertz CT molecular complexity index is 409. The van der Waals surface area contributed by atoms with Crippen molar-refractivity contribution in [3.8, 4) is 0 Å². The number of fused-ring (bicyclic) bond motifs is 1. The number of halogens is 1. The van der Waals surface area contributed by atoms with E-state index in [9.17, 15) is 4.39 Å². The van der Waals surface area contributed by atoms with E-state index in [4.69, 9.17) is 5.73 Å². The number of aromatic nitrogens is 3. The Morgan fingerprint density at radius 2 is 2.42 bits per heavy atom. The molecule has 2 aromatic rings. The van der Waals surface area contributed by atoms with E-state index in [1.54, 1.807) is 6.07 Å². The van der Waals surface area contributed by atoms with Crippen LogP contribution in [0.25, 0.3) is 11.0 Å². The second-order valence-electron chi connectivity index (χ2n) is 2.48. The Morgan fingerprint density at radius 3 is 3.17 bits per heavy atom. The Balaban J connectivity index is 2.71. The number of pyridine rings is 1. The van der Waals surface area contributed by atoms with Crippen LogP contribution in [0.2, 0.25) is 0 Å². The number of nitrogens with one attached hydrogen (secondary N) is 1. The van der Waals surface area contributed by atoms with Gasteiger partial charge < -0.3 is 5.73 Å². The van der Waals surface area contributed by atoms with Crippen molar-refractivity contribution in [1.29, 1.82) is 0 Å². The molecule has 0 radical (unpaired) electrons. The number of rotatable bonds is 1. The fourth-order valence-electron chi connectivity index (χ4n) is 1.04. The predicted molar refractivity (Wildman–Crippen MR) is 43.1 cm³/mol. The summed E-state index contributed by atoms with van der Waals surface area (Å²) in [5.41, 5.74) is 6.59. The standard InChI is InChI=1S/C7H7FN4/c8-2-4-1-5-6(9)11-12-7(5)10-3-4/h1,3H,2H2,(H3,9,10,11,12). The first-order valence-electron chi connectivity index (χ1n) is 3.45. The third-order valence-corrected chi connectivity index (χ3v) is 1.66. The molecule has 0 atom stereocenters. The van der Waals surface area contributed by atoms with Crippen LogP contribution in [0.1, 0.15) is 5.56 Å². The zero-order chi connectivity index (χ0) is 8.55. The lowest BCUT2D eigenvalue weighted by molar-refractivity contribution is 0.485. The van der Waals surface area contributed by atoms with E-state index in [0.29, 0.717) is 22.4 Å². The fourth-order valence-corrected chi connectivity index (χ4v) is 1.04. The van der Waals surface area contributed by atoms with Crippen molar-refractivity contribution in [1.82, 2.24) is 15.2 Å². The number of anilines is 1. The molecular formula is C7H7FN4. The molecule has 0 aliphatic carbocycles. The highest BCUT2D eigenvalue weighted by atomic mass is 19.1. The molecule has 0 saturated carbocycles. The average molecular weight is 166 g/mol. The Labute approximate surface area is 67.6 Å². The number of hydrogen-bond donors (Lipinski definition) is 2. The van der Waals surface area contributed by atoms with Gasteiger partial charge >= 0.3 is 0 Å². The summed E-state index contributed by atoms with van der Waals surface area (Å²) in [6, 6.07) is 1.64. The molecule has 0 saturated heterocycles. The number of nitrogens with zero attached hydrogens (tertiary/aromatic N) is 2. The van der Waals surface area contributed by atoms with Gasteiger partial charge in [-0.3, -0.25) is 5.10 Å². The van der Waals surface area contributed by atoms with Crippen molar-refractivity contribution >= 4 is 16.9 Å². The van der Waals surface area contributed by atoms with Gasteiger partial charge in [0.05, 0.1) is 5.39 Å². The van der Waals surface area contributed by atoms with Gasteiger partial charge in [0.1, 0.15) is 6.67 Å². The quantitative estimate of drug-likeness (QED) is 0.664. The maximum atomic E-state index is 12.2. The van der Waals surface area contributed by atoms with E-state index in [2.05, 4.69) is 15.2 Å². The molecule has 0 unspecified atom stereocenters. The van der Waals surface area contributed by atoms with Gasteiger partial charge in [0, 0.05) is 11.8 Å². The molecular weight excluding hydrogens is 159 g/mol. The third kappa shape index (κ3) is 0.903. The van der Waals surface area contributed by atoms with E-state index in [0.717, 1.165) is 0 Å². The van der Waals surface area contributed by atoms with E-state index >= 15 is 0 Å². The summed E-state index contributed by atoms with van der Waals surface area (Å²) in [7, 11) is 0. The first-order valence-corrected chi connectivity index (χ1v) is 3.45. The molecule has 2 aromatic heterocycles. The van der Waals surface area contributed by atoms with Gasteiger partial charge in [-0.2, -0.15) is 5.10 Å². The van der Waals surface area contributed by atoms with Crippen LogP contribution in [0.15, 0.2) is 12.3 Å². The Morgan fingerprint density at radius 1 is 1.58 bits per heavy atom. The minimum atomic E-state index is -0.534. The normalized spacial score (nSPS) is 10.8. The largest absolute Gasteiger partial charge is 0.382 e. The highest BCUT2D eigenvalue weighted by Gasteiger charge is 2.03. The van der Waals surface area contributed by atoms with Crippen LogP contribution in [0.5, 0.6) is 0 Å². The minimum Gasteiger partial charge on any atom is -0.382 e. The molecule has 0 aromatic carbocycles. The number of nitrogen functional groups attached to an aromatic ring is 1. The Hall–Kier alpha value is -1.65. The molecule has 0 fully saturated rings. The van der Waals surface area contributed by atoms with Crippen molar-refractivity contribution < 1.29 is 4.39 Å². The van der Waals surface area contributed by atoms with Gasteiger partial charge in [0.2, 0.25) is 0 Å². The second-order valence-corrected chi connectivity index (χ2v) is 2.48. The third-order valence-electron chi connectivity index (χ3n) is 1.66. The Kier molecular flexibility index (Phi) is 1.43. The van der Waals surface area contributed by atoms with Crippen LogP contribution in [0.3, 0.4) is 0 Å². The van der Waals surface area contributed by atoms with E-state index in [1.807, 2.05) is 0 Å². The molecule has 2 heterocycles. The molecule has 5 heteroatoms. The highest BCUT2D eigenvalue weighted by molar-refractivity contribution is 5.85. The molecule has 0 bridgehead atoms. The van der Waals surface area contributed by atoms with Crippen LogP contribution in [0, 0.1) is 0 Å². The zero-order valence-corrected chi connectivity index (χ0v) is 6.21. The fraction of sp³-hybridized carbons (Fsp3) is 0.143. The van der Waals surface area contributed by atoms with Crippen LogP contribution in [-0.2, 0) is 6.67 Å². The maximum absolute atomic E-state index is 12.2. The molecule has 2 rings (SSSR count). The average Bonchev–Trinajstić information content (AvgIpc) is 2.47. The molecule has 0 aliphatic heterocycles. The van der Waals surface area contributed by atoms with Crippen LogP contribution in [0.4, 0.5) is 10.2 Å². The van der Waals surface area contributed by atoms with Crippen molar-refractivity contribution in [3.05, 3.63) is 17.8 Å². The van der Waals surface area contributed by atoms with Crippen LogP contribution >= 0.6 is 0 Å². The number of H-pyrrole nitrogens is 1. The molecule has 0 aliphatic rings. The molecule has 3 N–H and O–H groups in total. The monoisotopic (exact) mass is 166 g/mol. The molecule has 0 spiro atoms. The van der Waals surface area contributed by atoms with Gasteiger partial charge in [-0.1, -0.05) is 0 Å². The first kappa shape index (κ1) is 7.02. The lowest BCUT2D eigenvalue weighted by atomic mass is 10.2. The second kappa shape index (κ2) is 2.44. The van der Waals surface area contributed by atoms with Gasteiger partial charge in [-0.05, 0) is 6.07 Å². The molecule has 12 heavy (non-hydrogen) atoms. The van der Waals surface area contributed by atoms with Crippen molar-refractivity contribution in [2.75, 3.05) is 5.73 Å². The predicted octanol–water partition coefficient (Wildman–Crippen LogP) is 1.01. The molecule has 62 valence electrons. The summed E-state index contributed by atoms with van der Waals surface area (Å²) in [4.78, 5) is 3.93. The first-order chi connectivity index (χ1) is 5.81. The maximum Gasteiger partial charge on any atom is 0.157 e. The summed E-state index contributed by atoms with van der Waals surface area (Å²) < 4.78 is 12.2. The van der Waals surface area contributed by atoms with Gasteiger partial charge in [0.25, 0.3) is 0 Å². The van der Waals surface area contributed by atoms with E-state index in [1.165, 1.54) is 6.20 Å². The summed E-state index contributed by atoms with van der Waals surface area (Å²) in [6.45, 7) is -0.534. The zero-order valence-electron chi connectivity index (χ0n) is 6.21. The number of hydrogen-bond acceptors (Lipinski definition) is 3. The number of alkyl halides is 1. The van der Waals surface area contributed by atoms with Gasteiger partial charge in [0.15, 0.2) is 11.5 Å². The van der Waals surface area contributed by atoms with Crippen molar-refractivity contribution in [3.63, 3.8) is 0 Å². The van der Waals surface area contributed by atoms with Gasteiger partial charge in [-0.25, -0.2) is 9.37 Å². The highest BCUT2D eigenvalue weighted by Crippen LogP contribution is 2.16. The van der Waals surface area contributed by atoms with Crippen LogP contribution < -0.4 is 5.73 Å². The lowest BCUT2D eigenvalue weighted by Gasteiger charge is -1.92. The van der Waals surface area contributed by atoms with E-state index < -0.39 is 6.67 Å². The van der Waals surface area contributed by atoms with Crippen LogP contribution in [-0.4, -0.2) is 15.2 Å². The number of aromatic amines is 1. The summed E-state index contributed by atoms with van der Waals surface area (Å²) in [5.74, 6) is 0.354. The summed E-state index contributed by atoms with van der Waals surface area (Å²) in [6.07, 6.45) is 1.46. The summed E-state index contributed by atoms with van der Waals surface area (Å²) in [5, 5.41) is 7.04. The van der Waals surface area contributed by atoms with E-state index in [-0.39, 0.29) is 0 Å². The summed E-state index contributed by atoms with van der Waals surface area (Å²) >= 11 is 0.